The monoisotopic (exact) mass is 465 g/mol. The number of hydrogen-bond acceptors (Lipinski definition) is 3. The third kappa shape index (κ3) is 4.66. The Hall–Kier alpha value is -4.07. The van der Waals surface area contributed by atoms with Crippen molar-refractivity contribution in [3.63, 3.8) is 0 Å². The molecule has 4 rings (SSSR count). The van der Waals surface area contributed by atoms with Crippen LogP contribution in [0.3, 0.4) is 0 Å². The van der Waals surface area contributed by atoms with E-state index >= 15 is 0 Å². The van der Waals surface area contributed by atoms with Gasteiger partial charge in [0.2, 0.25) is 5.78 Å². The molecule has 4 nitrogen and oxygen atoms in total. The van der Waals surface area contributed by atoms with E-state index in [0.29, 0.717) is 23.2 Å². The number of carbonyl (C=O) groups excluding carboxylic acids is 1. The molecule has 0 saturated carbocycles. The van der Waals surface area contributed by atoms with Crippen LogP contribution in [0.4, 0.5) is 17.6 Å². The third-order valence-electron chi connectivity index (χ3n) is 5.22. The number of benzene rings is 2. The Morgan fingerprint density at radius 1 is 1.06 bits per heavy atom. The van der Waals surface area contributed by atoms with E-state index in [-0.39, 0.29) is 11.3 Å². The maximum atomic E-state index is 13.5. The van der Waals surface area contributed by atoms with Crippen LogP contribution in [0.25, 0.3) is 16.8 Å². The van der Waals surface area contributed by atoms with Crippen molar-refractivity contribution in [2.45, 2.75) is 19.5 Å². The van der Waals surface area contributed by atoms with Crippen LogP contribution >= 0.6 is 0 Å². The van der Waals surface area contributed by atoms with Gasteiger partial charge in [0.15, 0.2) is 0 Å². The summed E-state index contributed by atoms with van der Waals surface area (Å²) >= 11 is 0. The molecule has 34 heavy (non-hydrogen) atoms. The number of aliphatic imine (C=N–C) groups is 1. The minimum Gasteiger partial charge on any atom is -0.287 e. The van der Waals surface area contributed by atoms with E-state index in [1.165, 1.54) is 34.8 Å². The van der Waals surface area contributed by atoms with Crippen molar-refractivity contribution in [2.24, 2.45) is 4.99 Å². The Labute approximate surface area is 192 Å². The van der Waals surface area contributed by atoms with Crippen LogP contribution in [0.2, 0.25) is 0 Å². The van der Waals surface area contributed by atoms with E-state index in [1.54, 1.807) is 43.6 Å². The van der Waals surface area contributed by atoms with Crippen molar-refractivity contribution in [1.82, 2.24) is 9.61 Å². The third-order valence-corrected chi connectivity index (χ3v) is 5.22. The molecule has 4 aromatic rings. The molecule has 0 aliphatic carbocycles. The first-order valence-electron chi connectivity index (χ1n) is 10.4. The van der Waals surface area contributed by atoms with Crippen LogP contribution in [0, 0.1) is 5.82 Å². The molecular weight excluding hydrogens is 446 g/mol. The maximum Gasteiger partial charge on any atom is 0.416 e. The highest BCUT2D eigenvalue weighted by Gasteiger charge is 2.31. The van der Waals surface area contributed by atoms with Gasteiger partial charge in [-0.3, -0.25) is 9.79 Å². The number of alkyl halides is 3. The number of halogens is 4. The molecule has 0 spiro atoms. The summed E-state index contributed by atoms with van der Waals surface area (Å²) in [5.74, 6) is -0.991. The second kappa shape index (κ2) is 9.43. The van der Waals surface area contributed by atoms with Gasteiger partial charge < -0.3 is 0 Å². The Kier molecular flexibility index (Phi) is 6.40. The van der Waals surface area contributed by atoms with Crippen LogP contribution < -0.4 is 0 Å². The molecule has 0 aliphatic rings. The molecule has 2 heterocycles. The lowest BCUT2D eigenvalue weighted by atomic mass is 10.0. The molecule has 0 unspecified atom stereocenters. The first kappa shape index (κ1) is 23.1. The van der Waals surface area contributed by atoms with E-state index in [0.717, 1.165) is 17.7 Å². The lowest BCUT2D eigenvalue weighted by molar-refractivity contribution is -0.137. The van der Waals surface area contributed by atoms with Gasteiger partial charge in [0.25, 0.3) is 0 Å². The summed E-state index contributed by atoms with van der Waals surface area (Å²) in [6.07, 6.45) is 0.958. The number of pyridine rings is 1. The largest absolute Gasteiger partial charge is 0.416 e. The topological polar surface area (TPSA) is 46.7 Å². The van der Waals surface area contributed by atoms with Crippen LogP contribution in [0.15, 0.2) is 84.0 Å². The highest BCUT2D eigenvalue weighted by Crippen LogP contribution is 2.31. The fraction of sp³-hybridized carbons (Fsp3) is 0.115. The number of nitrogens with zero attached hydrogens (tertiary/aromatic N) is 3. The second-order valence-corrected chi connectivity index (χ2v) is 7.45. The van der Waals surface area contributed by atoms with Crippen molar-refractivity contribution in [3.8, 4) is 11.3 Å². The molecule has 0 aliphatic heterocycles. The predicted molar refractivity (Wildman–Crippen MR) is 122 cm³/mol. The van der Waals surface area contributed by atoms with Gasteiger partial charge in [0, 0.05) is 29.1 Å². The zero-order valence-electron chi connectivity index (χ0n) is 18.1. The predicted octanol–water partition coefficient (Wildman–Crippen LogP) is 6.54. The fourth-order valence-corrected chi connectivity index (χ4v) is 3.63. The van der Waals surface area contributed by atoms with Gasteiger partial charge >= 0.3 is 6.18 Å². The fourth-order valence-electron chi connectivity index (χ4n) is 3.63. The number of aromatic nitrogens is 2. The summed E-state index contributed by atoms with van der Waals surface area (Å²) in [4.78, 5) is 17.3. The van der Waals surface area contributed by atoms with Crippen molar-refractivity contribution < 1.29 is 22.4 Å². The summed E-state index contributed by atoms with van der Waals surface area (Å²) in [5, 5.41) is 4.61. The zero-order valence-corrected chi connectivity index (χ0v) is 18.1. The molecule has 0 bridgehead atoms. The highest BCUT2D eigenvalue weighted by atomic mass is 19.4. The Bertz CT molecular complexity index is 1400. The number of ketones is 1. The Morgan fingerprint density at radius 3 is 2.50 bits per heavy atom. The molecular formula is C26H19F4N3O. The van der Waals surface area contributed by atoms with Crippen molar-refractivity contribution in [3.05, 3.63) is 107 Å². The molecule has 0 amide bonds. The summed E-state index contributed by atoms with van der Waals surface area (Å²) < 4.78 is 54.4. The van der Waals surface area contributed by atoms with Gasteiger partial charge in [-0.25, -0.2) is 8.91 Å². The van der Waals surface area contributed by atoms with Crippen LogP contribution in [0.1, 0.15) is 34.1 Å². The number of hydrogen-bond donors (Lipinski definition) is 0. The lowest BCUT2D eigenvalue weighted by Crippen LogP contribution is -2.11. The van der Waals surface area contributed by atoms with E-state index in [9.17, 15) is 22.4 Å². The number of carbonyl (C=O) groups is 1. The van der Waals surface area contributed by atoms with Gasteiger partial charge in [-0.05, 0) is 61.9 Å². The van der Waals surface area contributed by atoms with Crippen LogP contribution in [0.5, 0.6) is 0 Å². The van der Waals surface area contributed by atoms with Gasteiger partial charge in [-0.15, -0.1) is 0 Å². The van der Waals surface area contributed by atoms with Gasteiger partial charge in [-0.1, -0.05) is 24.3 Å². The molecule has 8 heteroatoms. The minimum atomic E-state index is -4.57. The Morgan fingerprint density at radius 2 is 1.79 bits per heavy atom. The smallest absolute Gasteiger partial charge is 0.287 e. The number of rotatable bonds is 6. The first-order chi connectivity index (χ1) is 16.3. The zero-order chi connectivity index (χ0) is 24.3. The van der Waals surface area contributed by atoms with Crippen molar-refractivity contribution in [1.29, 1.82) is 0 Å². The van der Waals surface area contributed by atoms with E-state index < -0.39 is 23.3 Å². The minimum absolute atomic E-state index is 0.0973. The molecule has 0 fully saturated rings. The standard InChI is InChI=1S/C26H19F4N3O/c1-2-31-15-5-8-21-22-9-4-10-23(25(34)18-6-3-7-19(16-18)26(28,29)30)33(22)32-24(21)17-11-13-20(27)14-12-17/h2-7,9-16H,8H2,1H3/b15-5-,31-2?. The van der Waals surface area contributed by atoms with E-state index in [2.05, 4.69) is 10.1 Å². The summed E-state index contributed by atoms with van der Waals surface area (Å²) in [6.45, 7) is 1.79. The molecule has 2 aromatic heterocycles. The first-order valence-corrected chi connectivity index (χ1v) is 10.4. The quantitative estimate of drug-likeness (QED) is 0.184. The molecule has 0 N–H and O–H groups in total. The van der Waals surface area contributed by atoms with Crippen LogP contribution in [-0.4, -0.2) is 21.6 Å². The lowest BCUT2D eigenvalue weighted by Gasteiger charge is -2.09. The van der Waals surface area contributed by atoms with E-state index in [4.69, 9.17) is 0 Å². The molecule has 2 aromatic carbocycles. The maximum absolute atomic E-state index is 13.5. The van der Waals surface area contributed by atoms with Crippen molar-refractivity contribution in [2.75, 3.05) is 0 Å². The summed E-state index contributed by atoms with van der Waals surface area (Å²) in [5.41, 5.74) is 1.68. The average molecular weight is 465 g/mol. The molecule has 0 atom stereocenters. The molecule has 0 radical (unpaired) electrons. The summed E-state index contributed by atoms with van der Waals surface area (Å²) in [7, 11) is 0. The SMILES string of the molecule is CC=N/C=C\Cc1c(-c2ccc(F)cc2)nn2c(C(=O)c3cccc(C(F)(F)F)c3)cccc12. The molecule has 0 saturated heterocycles. The van der Waals surface area contributed by atoms with Gasteiger partial charge in [0.05, 0.1) is 16.8 Å². The highest BCUT2D eigenvalue weighted by molar-refractivity contribution is 6.08. The van der Waals surface area contributed by atoms with E-state index in [1.807, 2.05) is 6.08 Å². The summed E-state index contributed by atoms with van der Waals surface area (Å²) in [6, 6.07) is 15.0. The van der Waals surface area contributed by atoms with Gasteiger partial charge in [-0.2, -0.15) is 18.3 Å². The van der Waals surface area contributed by atoms with Gasteiger partial charge in [0.1, 0.15) is 11.5 Å². The average Bonchev–Trinajstić information content (AvgIpc) is 3.20. The number of fused-ring (bicyclic) bond motifs is 1. The Balaban J connectivity index is 1.86. The molecule has 172 valence electrons. The normalized spacial score (nSPS) is 12.3. The van der Waals surface area contributed by atoms with Crippen LogP contribution in [-0.2, 0) is 12.6 Å². The second-order valence-electron chi connectivity index (χ2n) is 7.45. The number of allylic oxidation sites excluding steroid dienone is 1. The van der Waals surface area contributed by atoms with Crippen molar-refractivity contribution >= 4 is 17.5 Å².